The fourth-order valence-electron chi connectivity index (χ4n) is 1.93. The van der Waals surface area contributed by atoms with E-state index in [1.54, 1.807) is 6.07 Å². The normalized spacial score (nSPS) is 14.4. The number of aliphatic hydroxyl groups excluding tert-OH is 1. The second-order valence-corrected chi connectivity index (χ2v) is 5.16. The fourth-order valence-corrected chi connectivity index (χ4v) is 2.74. The number of halogens is 2. The van der Waals surface area contributed by atoms with E-state index in [2.05, 4.69) is 15.9 Å². The molecule has 0 fully saturated rings. The Morgan fingerprint density at radius 3 is 2.56 bits per heavy atom. The van der Waals surface area contributed by atoms with Gasteiger partial charge in [0.2, 0.25) is 0 Å². The van der Waals surface area contributed by atoms with Gasteiger partial charge < -0.3 is 15.3 Å². The lowest BCUT2D eigenvalue weighted by Crippen LogP contribution is -2.20. The van der Waals surface area contributed by atoms with Crippen molar-refractivity contribution in [1.29, 1.82) is 0 Å². The topological polar surface area (TPSA) is 59.4 Å². The summed E-state index contributed by atoms with van der Waals surface area (Å²) in [6.45, 7) is 0.311. The average molecular weight is 331 g/mol. The molecule has 0 saturated carbocycles. The van der Waals surface area contributed by atoms with Crippen molar-refractivity contribution in [3.63, 3.8) is 0 Å². The summed E-state index contributed by atoms with van der Waals surface area (Å²) in [4.78, 5) is 0. The van der Waals surface area contributed by atoms with Crippen LogP contribution in [-0.4, -0.2) is 11.7 Å². The predicted molar refractivity (Wildman–Crippen MR) is 74.6 cm³/mol. The zero-order valence-electron chi connectivity index (χ0n) is 9.51. The average Bonchev–Trinajstić information content (AvgIpc) is 2.78. The van der Waals surface area contributed by atoms with Gasteiger partial charge in [-0.3, -0.25) is 0 Å². The molecule has 5 heteroatoms. The minimum Gasteiger partial charge on any atom is -0.453 e. The molecule has 1 aromatic heterocycles. The van der Waals surface area contributed by atoms with E-state index < -0.39 is 6.10 Å². The van der Waals surface area contributed by atoms with Crippen LogP contribution in [0.3, 0.4) is 0 Å². The van der Waals surface area contributed by atoms with E-state index >= 15 is 0 Å². The van der Waals surface area contributed by atoms with E-state index in [1.165, 1.54) is 6.26 Å². The standard InChI is InChI=1S/C13H13BrClNO2/c14-11-4-2-1-3-8(11)10(7-16)12(17)9-5-6-18-13(9)15/h1-6,10,12,17H,7,16H2. The SMILES string of the molecule is NCC(c1ccccc1Br)C(O)c1ccoc1Cl. The number of furan rings is 1. The molecule has 18 heavy (non-hydrogen) atoms. The smallest absolute Gasteiger partial charge is 0.198 e. The third-order valence-corrected chi connectivity index (χ3v) is 3.93. The summed E-state index contributed by atoms with van der Waals surface area (Å²) >= 11 is 9.35. The summed E-state index contributed by atoms with van der Waals surface area (Å²) in [6.07, 6.45) is 0.661. The van der Waals surface area contributed by atoms with Crippen molar-refractivity contribution in [2.45, 2.75) is 12.0 Å². The monoisotopic (exact) mass is 329 g/mol. The first-order valence-corrected chi connectivity index (χ1v) is 6.67. The highest BCUT2D eigenvalue weighted by molar-refractivity contribution is 9.10. The Kier molecular flexibility index (Phi) is 4.45. The van der Waals surface area contributed by atoms with Gasteiger partial charge in [0.15, 0.2) is 5.22 Å². The van der Waals surface area contributed by atoms with Crippen LogP contribution in [0.15, 0.2) is 45.5 Å². The van der Waals surface area contributed by atoms with Gasteiger partial charge in [-0.1, -0.05) is 34.1 Å². The summed E-state index contributed by atoms with van der Waals surface area (Å²) in [5.74, 6) is -0.240. The predicted octanol–water partition coefficient (Wildman–Crippen LogP) is 3.47. The molecule has 0 amide bonds. The van der Waals surface area contributed by atoms with Gasteiger partial charge in [0.05, 0.1) is 12.4 Å². The number of hydrogen-bond acceptors (Lipinski definition) is 3. The van der Waals surface area contributed by atoms with Crippen molar-refractivity contribution < 1.29 is 9.52 Å². The molecule has 2 unspecified atom stereocenters. The van der Waals surface area contributed by atoms with Crippen LogP contribution in [0.25, 0.3) is 0 Å². The van der Waals surface area contributed by atoms with E-state index in [1.807, 2.05) is 24.3 Å². The molecule has 1 aromatic carbocycles. The van der Waals surface area contributed by atoms with Gasteiger partial charge in [0, 0.05) is 22.5 Å². The van der Waals surface area contributed by atoms with Crippen LogP contribution in [0.1, 0.15) is 23.1 Å². The molecule has 0 aliphatic rings. The van der Waals surface area contributed by atoms with Gasteiger partial charge in [-0.25, -0.2) is 0 Å². The Morgan fingerprint density at radius 1 is 1.28 bits per heavy atom. The minimum absolute atomic E-state index is 0.202. The van der Waals surface area contributed by atoms with Gasteiger partial charge in [0.25, 0.3) is 0 Å². The number of aliphatic hydroxyl groups is 1. The molecule has 3 nitrogen and oxygen atoms in total. The first kappa shape index (κ1) is 13.6. The summed E-state index contributed by atoms with van der Waals surface area (Å²) < 4.78 is 5.92. The summed E-state index contributed by atoms with van der Waals surface area (Å²) in [6, 6.07) is 9.33. The van der Waals surface area contributed by atoms with Crippen molar-refractivity contribution in [2.75, 3.05) is 6.54 Å². The van der Waals surface area contributed by atoms with Crippen LogP contribution in [0.4, 0.5) is 0 Å². The first-order valence-electron chi connectivity index (χ1n) is 5.50. The van der Waals surface area contributed by atoms with Gasteiger partial charge in [-0.15, -0.1) is 0 Å². The van der Waals surface area contributed by atoms with Crippen LogP contribution in [-0.2, 0) is 0 Å². The molecular formula is C13H13BrClNO2. The lowest BCUT2D eigenvalue weighted by Gasteiger charge is -2.22. The highest BCUT2D eigenvalue weighted by Gasteiger charge is 2.26. The van der Waals surface area contributed by atoms with Gasteiger partial charge in [-0.05, 0) is 29.3 Å². The van der Waals surface area contributed by atoms with E-state index in [0.29, 0.717) is 12.1 Å². The zero-order chi connectivity index (χ0) is 13.1. The summed E-state index contributed by atoms with van der Waals surface area (Å²) in [5.41, 5.74) is 7.28. The first-order chi connectivity index (χ1) is 8.65. The molecule has 0 aliphatic carbocycles. The van der Waals surface area contributed by atoms with Gasteiger partial charge in [-0.2, -0.15) is 0 Å². The number of benzene rings is 1. The highest BCUT2D eigenvalue weighted by atomic mass is 79.9. The zero-order valence-corrected chi connectivity index (χ0v) is 11.9. The highest BCUT2D eigenvalue weighted by Crippen LogP contribution is 2.37. The van der Waals surface area contributed by atoms with E-state index in [9.17, 15) is 5.11 Å². The minimum atomic E-state index is -0.792. The van der Waals surface area contributed by atoms with Crippen LogP contribution >= 0.6 is 27.5 Å². The number of hydrogen-bond donors (Lipinski definition) is 2. The number of nitrogens with two attached hydrogens (primary N) is 1. The third-order valence-electron chi connectivity index (χ3n) is 2.90. The molecule has 2 aromatic rings. The van der Waals surface area contributed by atoms with Crippen molar-refractivity contribution in [3.05, 3.63) is 57.4 Å². The van der Waals surface area contributed by atoms with Gasteiger partial charge >= 0.3 is 0 Å². The van der Waals surface area contributed by atoms with E-state index in [0.717, 1.165) is 10.0 Å². The molecule has 0 bridgehead atoms. The molecule has 0 spiro atoms. The third kappa shape index (κ3) is 2.62. The second-order valence-electron chi connectivity index (χ2n) is 3.96. The Balaban J connectivity index is 2.35. The Bertz CT molecular complexity index is 529. The van der Waals surface area contributed by atoms with E-state index in [-0.39, 0.29) is 11.1 Å². The fraction of sp³-hybridized carbons (Fsp3) is 0.231. The summed E-state index contributed by atoms with van der Waals surface area (Å²) in [5, 5.41) is 10.6. The van der Waals surface area contributed by atoms with Crippen LogP contribution in [0.5, 0.6) is 0 Å². The Morgan fingerprint density at radius 2 is 2.00 bits per heavy atom. The van der Waals surface area contributed by atoms with Crippen molar-refractivity contribution in [3.8, 4) is 0 Å². The lowest BCUT2D eigenvalue weighted by molar-refractivity contribution is 0.146. The second kappa shape index (κ2) is 5.89. The molecular weight excluding hydrogens is 318 g/mol. The van der Waals surface area contributed by atoms with Crippen LogP contribution in [0, 0.1) is 0 Å². The lowest BCUT2D eigenvalue weighted by atomic mass is 9.90. The maximum atomic E-state index is 10.4. The summed E-state index contributed by atoms with van der Waals surface area (Å²) in [7, 11) is 0. The quantitative estimate of drug-likeness (QED) is 0.902. The molecule has 3 N–H and O–H groups in total. The van der Waals surface area contributed by atoms with E-state index in [4.69, 9.17) is 21.8 Å². The largest absolute Gasteiger partial charge is 0.453 e. The maximum absolute atomic E-state index is 10.4. The maximum Gasteiger partial charge on any atom is 0.198 e. The van der Waals surface area contributed by atoms with Crippen molar-refractivity contribution >= 4 is 27.5 Å². The molecule has 2 rings (SSSR count). The Hall–Kier alpha value is -0.810. The Labute approximate surface area is 119 Å². The van der Waals surface area contributed by atoms with Gasteiger partial charge in [0.1, 0.15) is 0 Å². The molecule has 2 atom stereocenters. The molecule has 0 saturated heterocycles. The van der Waals surface area contributed by atoms with Crippen molar-refractivity contribution in [1.82, 2.24) is 0 Å². The molecule has 1 heterocycles. The number of rotatable bonds is 4. The van der Waals surface area contributed by atoms with Crippen molar-refractivity contribution in [2.24, 2.45) is 5.73 Å². The molecule has 96 valence electrons. The van der Waals surface area contributed by atoms with Crippen LogP contribution in [0.2, 0.25) is 5.22 Å². The molecule has 0 radical (unpaired) electrons. The molecule has 0 aliphatic heterocycles. The van der Waals surface area contributed by atoms with Crippen LogP contribution < -0.4 is 5.73 Å².